The highest BCUT2D eigenvalue weighted by Crippen LogP contribution is 2.40. The number of hydrogen-bond acceptors (Lipinski definition) is 2. The van der Waals surface area contributed by atoms with Crippen LogP contribution in [0.5, 0.6) is 0 Å². The van der Waals surface area contributed by atoms with Gasteiger partial charge in [0.05, 0.1) is 16.9 Å². The van der Waals surface area contributed by atoms with Crippen molar-refractivity contribution in [1.29, 1.82) is 0 Å². The summed E-state index contributed by atoms with van der Waals surface area (Å²) in [6.45, 7) is 5.64. The van der Waals surface area contributed by atoms with Crippen molar-refractivity contribution in [2.45, 2.75) is 32.5 Å². The first kappa shape index (κ1) is 13.7. The normalized spacial score (nSPS) is 18.0. The third-order valence-corrected chi connectivity index (χ3v) is 3.41. The van der Waals surface area contributed by atoms with Crippen molar-refractivity contribution in [2.75, 3.05) is 16.8 Å². The molecule has 0 bridgehead atoms. The number of rotatable bonds is 1. The molecule has 0 aromatic heterocycles. The Morgan fingerprint density at radius 2 is 1.95 bits per heavy atom. The number of nitrogens with zero attached hydrogens (tertiary/aromatic N) is 1. The molecule has 3 nitrogen and oxygen atoms in total. The van der Waals surface area contributed by atoms with Gasteiger partial charge in [0, 0.05) is 6.54 Å². The molecule has 1 aliphatic rings. The van der Waals surface area contributed by atoms with Crippen LogP contribution in [0, 0.1) is 0 Å². The molecule has 0 aliphatic carbocycles. The molecule has 2 rings (SSSR count). The van der Waals surface area contributed by atoms with Crippen LogP contribution in [0.3, 0.4) is 0 Å². The zero-order chi connectivity index (χ0) is 14.4. The fraction of sp³-hybridized carbons (Fsp3) is 0.462. The van der Waals surface area contributed by atoms with E-state index in [0.29, 0.717) is 17.9 Å². The third-order valence-electron chi connectivity index (χ3n) is 3.41. The van der Waals surface area contributed by atoms with Gasteiger partial charge in [0.2, 0.25) is 5.91 Å². The molecule has 1 heterocycles. The van der Waals surface area contributed by atoms with E-state index in [1.807, 2.05) is 6.92 Å². The van der Waals surface area contributed by atoms with E-state index >= 15 is 0 Å². The summed E-state index contributed by atoms with van der Waals surface area (Å²) in [4.78, 5) is 13.6. The number of amides is 1. The summed E-state index contributed by atoms with van der Waals surface area (Å²) in [5, 5.41) is 2.65. The zero-order valence-corrected chi connectivity index (χ0v) is 10.9. The zero-order valence-electron chi connectivity index (χ0n) is 10.9. The predicted molar refractivity (Wildman–Crippen MR) is 67.2 cm³/mol. The van der Waals surface area contributed by atoms with E-state index in [9.17, 15) is 18.0 Å². The van der Waals surface area contributed by atoms with Gasteiger partial charge in [-0.15, -0.1) is 0 Å². The van der Waals surface area contributed by atoms with Gasteiger partial charge in [-0.2, -0.15) is 13.2 Å². The maximum absolute atomic E-state index is 12.8. The van der Waals surface area contributed by atoms with Gasteiger partial charge in [0.15, 0.2) is 0 Å². The van der Waals surface area contributed by atoms with Crippen LogP contribution < -0.4 is 10.2 Å². The van der Waals surface area contributed by atoms with E-state index in [1.165, 1.54) is 6.07 Å². The molecule has 0 atom stereocenters. The lowest BCUT2D eigenvalue weighted by Crippen LogP contribution is -2.56. The first-order chi connectivity index (χ1) is 8.67. The topological polar surface area (TPSA) is 32.3 Å². The maximum Gasteiger partial charge on any atom is 0.416 e. The second-order valence-corrected chi connectivity index (χ2v) is 4.99. The van der Waals surface area contributed by atoms with Crippen molar-refractivity contribution in [1.82, 2.24) is 0 Å². The van der Waals surface area contributed by atoms with E-state index in [-0.39, 0.29) is 5.91 Å². The fourth-order valence-electron chi connectivity index (χ4n) is 2.30. The van der Waals surface area contributed by atoms with Crippen molar-refractivity contribution in [2.24, 2.45) is 0 Å². The Morgan fingerprint density at radius 1 is 1.32 bits per heavy atom. The molecule has 1 N–H and O–H groups in total. The molecule has 0 spiro atoms. The van der Waals surface area contributed by atoms with Crippen LogP contribution in [-0.4, -0.2) is 18.0 Å². The fourth-order valence-corrected chi connectivity index (χ4v) is 2.30. The minimum absolute atomic E-state index is 0.221. The number of carbonyl (C=O) groups is 1. The van der Waals surface area contributed by atoms with Crippen molar-refractivity contribution in [3.05, 3.63) is 23.8 Å². The Balaban J connectivity index is 2.57. The number of hydrogen-bond donors (Lipinski definition) is 1. The molecular weight excluding hydrogens is 257 g/mol. The van der Waals surface area contributed by atoms with Crippen LogP contribution in [0.15, 0.2) is 18.2 Å². The molecule has 1 amide bonds. The lowest BCUT2D eigenvalue weighted by molar-refractivity contribution is -0.137. The third kappa shape index (κ3) is 2.15. The second-order valence-electron chi connectivity index (χ2n) is 4.99. The molecular formula is C13H15F3N2O. The van der Waals surface area contributed by atoms with Crippen LogP contribution >= 0.6 is 0 Å². The highest BCUT2D eigenvalue weighted by molar-refractivity contribution is 6.06. The van der Waals surface area contributed by atoms with Gasteiger partial charge >= 0.3 is 6.18 Å². The molecule has 0 fully saturated rings. The quantitative estimate of drug-likeness (QED) is 0.851. The molecule has 0 radical (unpaired) electrons. The highest BCUT2D eigenvalue weighted by atomic mass is 19.4. The Bertz CT molecular complexity index is 523. The highest BCUT2D eigenvalue weighted by Gasteiger charge is 2.40. The maximum atomic E-state index is 12.8. The molecule has 0 saturated heterocycles. The van der Waals surface area contributed by atoms with E-state index in [4.69, 9.17) is 0 Å². The average molecular weight is 272 g/mol. The van der Waals surface area contributed by atoms with Crippen LogP contribution in [0.2, 0.25) is 0 Å². The van der Waals surface area contributed by atoms with Gasteiger partial charge in [-0.1, -0.05) is 0 Å². The van der Waals surface area contributed by atoms with Gasteiger partial charge in [-0.25, -0.2) is 0 Å². The largest absolute Gasteiger partial charge is 0.416 e. The number of alkyl halides is 3. The van der Waals surface area contributed by atoms with Crippen LogP contribution in [0.1, 0.15) is 26.3 Å². The monoisotopic (exact) mass is 272 g/mol. The Labute approximate surface area is 109 Å². The van der Waals surface area contributed by atoms with Gasteiger partial charge in [-0.3, -0.25) is 4.79 Å². The molecule has 6 heteroatoms. The van der Waals surface area contributed by atoms with Crippen LogP contribution in [0.4, 0.5) is 24.5 Å². The van der Waals surface area contributed by atoms with Crippen LogP contribution in [0.25, 0.3) is 0 Å². The van der Waals surface area contributed by atoms with E-state index in [2.05, 4.69) is 5.32 Å². The van der Waals surface area contributed by atoms with Crippen molar-refractivity contribution in [3.63, 3.8) is 0 Å². The number of halogens is 3. The summed E-state index contributed by atoms with van der Waals surface area (Å²) in [5.41, 5.74) is -0.760. The number of fused-ring (bicyclic) bond motifs is 1. The molecule has 1 aromatic carbocycles. The lowest BCUT2D eigenvalue weighted by atomic mass is 9.95. The smallest absolute Gasteiger partial charge is 0.356 e. The number of carbonyl (C=O) groups excluding carboxylic acids is 1. The van der Waals surface area contributed by atoms with Gasteiger partial charge < -0.3 is 10.2 Å². The van der Waals surface area contributed by atoms with Crippen molar-refractivity contribution >= 4 is 17.3 Å². The van der Waals surface area contributed by atoms with Crippen molar-refractivity contribution < 1.29 is 18.0 Å². The molecule has 0 saturated carbocycles. The summed E-state index contributed by atoms with van der Waals surface area (Å²) in [6.07, 6.45) is -4.39. The first-order valence-electron chi connectivity index (χ1n) is 5.98. The molecule has 104 valence electrons. The Hall–Kier alpha value is -1.72. The summed E-state index contributed by atoms with van der Waals surface area (Å²) in [5.74, 6) is -0.221. The minimum Gasteiger partial charge on any atom is -0.356 e. The summed E-state index contributed by atoms with van der Waals surface area (Å²) >= 11 is 0. The van der Waals surface area contributed by atoms with Gasteiger partial charge in [-0.05, 0) is 39.0 Å². The van der Waals surface area contributed by atoms with E-state index in [1.54, 1.807) is 18.7 Å². The SMILES string of the molecule is CCN1c2cc(C(F)(F)F)ccc2NC(=O)C1(C)C. The number of nitrogens with one attached hydrogen (secondary N) is 1. The van der Waals surface area contributed by atoms with E-state index in [0.717, 1.165) is 12.1 Å². The summed E-state index contributed by atoms with van der Waals surface area (Å²) < 4.78 is 38.3. The summed E-state index contributed by atoms with van der Waals surface area (Å²) in [7, 11) is 0. The lowest BCUT2D eigenvalue weighted by Gasteiger charge is -2.43. The molecule has 19 heavy (non-hydrogen) atoms. The Morgan fingerprint density at radius 3 is 2.47 bits per heavy atom. The van der Waals surface area contributed by atoms with Gasteiger partial charge in [0.1, 0.15) is 5.54 Å². The summed E-state index contributed by atoms with van der Waals surface area (Å²) in [6, 6.07) is 3.36. The number of likely N-dealkylation sites (N-methyl/N-ethyl adjacent to an activating group) is 1. The van der Waals surface area contributed by atoms with Gasteiger partial charge in [0.25, 0.3) is 0 Å². The minimum atomic E-state index is -4.39. The van der Waals surface area contributed by atoms with E-state index < -0.39 is 17.3 Å². The molecule has 1 aromatic rings. The standard InChI is InChI=1S/C13H15F3N2O/c1-4-18-10-7-8(13(14,15)16)5-6-9(10)17-11(19)12(18,2)3/h5-7H,4H2,1-3H3,(H,17,19). The predicted octanol–water partition coefficient (Wildman–Crippen LogP) is 3.26. The second kappa shape index (κ2) is 4.15. The average Bonchev–Trinajstić information content (AvgIpc) is 2.28. The molecule has 0 unspecified atom stereocenters. The number of benzene rings is 1. The Kier molecular flexibility index (Phi) is 2.99. The first-order valence-corrected chi connectivity index (χ1v) is 5.98. The molecule has 1 aliphatic heterocycles. The van der Waals surface area contributed by atoms with Crippen molar-refractivity contribution in [3.8, 4) is 0 Å². The van der Waals surface area contributed by atoms with Crippen LogP contribution in [-0.2, 0) is 11.0 Å². The number of anilines is 2.